The molecule has 0 aliphatic heterocycles. The van der Waals surface area contributed by atoms with Gasteiger partial charge in [-0.05, 0) is 24.6 Å². The Kier molecular flexibility index (Phi) is 2.41. The van der Waals surface area contributed by atoms with Gasteiger partial charge in [0, 0.05) is 0 Å². The number of halogens is 1. The topological polar surface area (TPSA) is 44.0 Å². The van der Waals surface area contributed by atoms with Gasteiger partial charge in [0.2, 0.25) is 0 Å². The minimum atomic E-state index is -0.702. The molecule has 0 saturated heterocycles. The number of nitrogens with zero attached hydrogens (tertiary/aromatic N) is 1. The summed E-state index contributed by atoms with van der Waals surface area (Å²) < 4.78 is 12.9. The molecule has 0 aromatic heterocycles. The molecule has 0 heterocycles. The van der Waals surface area contributed by atoms with Crippen molar-refractivity contribution in [1.29, 1.82) is 5.26 Å². The summed E-state index contributed by atoms with van der Waals surface area (Å²) in [6.07, 6.45) is -0.702. The van der Waals surface area contributed by atoms with Gasteiger partial charge >= 0.3 is 0 Å². The van der Waals surface area contributed by atoms with Crippen LogP contribution in [0.5, 0.6) is 0 Å². The van der Waals surface area contributed by atoms with Crippen molar-refractivity contribution in [1.82, 2.24) is 0 Å². The highest BCUT2D eigenvalue weighted by molar-refractivity contribution is 5.33. The predicted octanol–water partition coefficient (Wildman–Crippen LogP) is 1.75. The van der Waals surface area contributed by atoms with E-state index in [0.29, 0.717) is 5.56 Å². The van der Waals surface area contributed by atoms with Crippen LogP contribution in [0.4, 0.5) is 4.39 Å². The zero-order valence-corrected chi connectivity index (χ0v) is 6.58. The molecular weight excluding hydrogens is 157 g/mol. The predicted molar refractivity (Wildman–Crippen MR) is 41.7 cm³/mol. The first-order valence-corrected chi connectivity index (χ1v) is 3.52. The molecule has 1 aromatic carbocycles. The standard InChI is InChI=1S/C9H8FNO/c1-6(12)7-2-3-8(5-11)9(10)4-7/h2-4,6,12H,1H3/t6-/m0/s1. The SMILES string of the molecule is C[C@H](O)c1ccc(C#N)c(F)c1. The van der Waals surface area contributed by atoms with Crippen LogP contribution in [-0.2, 0) is 0 Å². The van der Waals surface area contributed by atoms with E-state index in [9.17, 15) is 4.39 Å². The van der Waals surface area contributed by atoms with E-state index in [4.69, 9.17) is 10.4 Å². The van der Waals surface area contributed by atoms with E-state index in [-0.39, 0.29) is 5.56 Å². The molecule has 3 heteroatoms. The Labute approximate surface area is 69.9 Å². The summed E-state index contributed by atoms with van der Waals surface area (Å²) in [5, 5.41) is 17.5. The molecule has 0 bridgehead atoms. The van der Waals surface area contributed by atoms with Crippen LogP contribution >= 0.6 is 0 Å². The first-order valence-electron chi connectivity index (χ1n) is 3.52. The van der Waals surface area contributed by atoms with E-state index >= 15 is 0 Å². The monoisotopic (exact) mass is 165 g/mol. The van der Waals surface area contributed by atoms with Crippen molar-refractivity contribution < 1.29 is 9.50 Å². The fourth-order valence-electron chi connectivity index (χ4n) is 0.882. The van der Waals surface area contributed by atoms with Gasteiger partial charge in [-0.25, -0.2) is 4.39 Å². The third kappa shape index (κ3) is 1.60. The summed E-state index contributed by atoms with van der Waals surface area (Å²) in [6.45, 7) is 1.54. The highest BCUT2D eigenvalue weighted by Gasteiger charge is 2.05. The number of rotatable bonds is 1. The van der Waals surface area contributed by atoms with E-state index in [1.54, 1.807) is 13.0 Å². The van der Waals surface area contributed by atoms with E-state index in [1.807, 2.05) is 0 Å². The van der Waals surface area contributed by atoms with Crippen LogP contribution in [0.1, 0.15) is 24.2 Å². The van der Waals surface area contributed by atoms with Crippen LogP contribution in [0.25, 0.3) is 0 Å². The Morgan fingerprint density at radius 1 is 1.58 bits per heavy atom. The number of aliphatic hydroxyl groups is 1. The third-order valence-corrected chi connectivity index (χ3v) is 1.60. The molecule has 12 heavy (non-hydrogen) atoms. The lowest BCUT2D eigenvalue weighted by atomic mass is 10.1. The highest BCUT2D eigenvalue weighted by Crippen LogP contribution is 2.15. The Morgan fingerprint density at radius 2 is 2.25 bits per heavy atom. The van der Waals surface area contributed by atoms with Crippen LogP contribution in [0.15, 0.2) is 18.2 Å². The van der Waals surface area contributed by atoms with E-state index in [0.717, 1.165) is 0 Å². The van der Waals surface area contributed by atoms with Crippen molar-refractivity contribution in [2.24, 2.45) is 0 Å². The maximum absolute atomic E-state index is 12.9. The van der Waals surface area contributed by atoms with E-state index < -0.39 is 11.9 Å². The van der Waals surface area contributed by atoms with E-state index in [2.05, 4.69) is 0 Å². The zero-order chi connectivity index (χ0) is 9.14. The maximum Gasteiger partial charge on any atom is 0.141 e. The normalized spacial score (nSPS) is 12.2. The van der Waals surface area contributed by atoms with Crippen LogP contribution in [0, 0.1) is 17.1 Å². The minimum Gasteiger partial charge on any atom is -0.389 e. The van der Waals surface area contributed by atoms with Crippen molar-refractivity contribution in [3.63, 3.8) is 0 Å². The lowest BCUT2D eigenvalue weighted by Gasteiger charge is -2.03. The summed E-state index contributed by atoms with van der Waals surface area (Å²) in [5.74, 6) is -0.587. The largest absolute Gasteiger partial charge is 0.389 e. The van der Waals surface area contributed by atoms with Crippen LogP contribution < -0.4 is 0 Å². The Balaban J connectivity index is 3.12. The van der Waals surface area contributed by atoms with Gasteiger partial charge in [0.05, 0.1) is 11.7 Å². The highest BCUT2D eigenvalue weighted by atomic mass is 19.1. The first-order chi connectivity index (χ1) is 5.65. The Morgan fingerprint density at radius 3 is 2.67 bits per heavy atom. The summed E-state index contributed by atoms with van der Waals surface area (Å²) in [5.41, 5.74) is 0.478. The molecule has 0 saturated carbocycles. The molecule has 0 spiro atoms. The molecule has 1 atom stereocenters. The molecule has 1 aromatic rings. The first kappa shape index (κ1) is 8.69. The van der Waals surface area contributed by atoms with Gasteiger partial charge in [0.25, 0.3) is 0 Å². The van der Waals surface area contributed by atoms with Gasteiger partial charge in [-0.1, -0.05) is 6.07 Å². The maximum atomic E-state index is 12.9. The smallest absolute Gasteiger partial charge is 0.141 e. The van der Waals surface area contributed by atoms with E-state index in [1.165, 1.54) is 18.2 Å². The van der Waals surface area contributed by atoms with Gasteiger partial charge in [-0.3, -0.25) is 0 Å². The summed E-state index contributed by atoms with van der Waals surface area (Å²) in [4.78, 5) is 0. The second-order valence-electron chi connectivity index (χ2n) is 2.53. The van der Waals surface area contributed by atoms with Crippen LogP contribution in [0.2, 0.25) is 0 Å². The van der Waals surface area contributed by atoms with Crippen molar-refractivity contribution in [2.45, 2.75) is 13.0 Å². The lowest BCUT2D eigenvalue weighted by molar-refractivity contribution is 0.199. The summed E-state index contributed by atoms with van der Waals surface area (Å²) in [7, 11) is 0. The second kappa shape index (κ2) is 3.33. The molecule has 2 nitrogen and oxygen atoms in total. The molecule has 62 valence electrons. The van der Waals surface area contributed by atoms with Crippen molar-refractivity contribution in [2.75, 3.05) is 0 Å². The quantitative estimate of drug-likeness (QED) is 0.688. The van der Waals surface area contributed by atoms with Crippen molar-refractivity contribution in [3.05, 3.63) is 35.1 Å². The Hall–Kier alpha value is -1.40. The summed E-state index contributed by atoms with van der Waals surface area (Å²) >= 11 is 0. The molecule has 0 aliphatic rings. The van der Waals surface area contributed by atoms with Gasteiger partial charge in [-0.15, -0.1) is 0 Å². The average molecular weight is 165 g/mol. The Bertz CT molecular complexity index is 328. The van der Waals surface area contributed by atoms with Gasteiger partial charge in [-0.2, -0.15) is 5.26 Å². The van der Waals surface area contributed by atoms with Crippen molar-refractivity contribution >= 4 is 0 Å². The molecular formula is C9H8FNO. The molecule has 0 aliphatic carbocycles. The molecule has 1 rings (SSSR count). The molecule has 0 radical (unpaired) electrons. The van der Waals surface area contributed by atoms with Crippen LogP contribution in [0.3, 0.4) is 0 Å². The molecule has 0 unspecified atom stereocenters. The second-order valence-corrected chi connectivity index (χ2v) is 2.53. The number of benzene rings is 1. The zero-order valence-electron chi connectivity index (χ0n) is 6.58. The van der Waals surface area contributed by atoms with Crippen molar-refractivity contribution in [3.8, 4) is 6.07 Å². The lowest BCUT2D eigenvalue weighted by Crippen LogP contribution is -1.93. The minimum absolute atomic E-state index is 0.000556. The number of hydrogen-bond acceptors (Lipinski definition) is 2. The third-order valence-electron chi connectivity index (χ3n) is 1.60. The fourth-order valence-corrected chi connectivity index (χ4v) is 0.882. The molecule has 1 N–H and O–H groups in total. The van der Waals surface area contributed by atoms with Crippen LogP contribution in [-0.4, -0.2) is 5.11 Å². The van der Waals surface area contributed by atoms with Gasteiger partial charge < -0.3 is 5.11 Å². The summed E-state index contributed by atoms with van der Waals surface area (Å²) in [6, 6.07) is 5.77. The number of nitriles is 1. The molecule has 0 fully saturated rings. The fraction of sp³-hybridized carbons (Fsp3) is 0.222. The number of aliphatic hydroxyl groups excluding tert-OH is 1. The van der Waals surface area contributed by atoms with Gasteiger partial charge in [0.15, 0.2) is 0 Å². The molecule has 0 amide bonds. The number of hydrogen-bond donors (Lipinski definition) is 1. The van der Waals surface area contributed by atoms with Gasteiger partial charge in [0.1, 0.15) is 11.9 Å². The average Bonchev–Trinajstić information content (AvgIpc) is 2.04.